The Bertz CT molecular complexity index is 1330. The number of H-pyrrole nitrogens is 1. The summed E-state index contributed by atoms with van der Waals surface area (Å²) in [5, 5.41) is 0. The number of nitrogen functional groups attached to an aromatic ring is 1. The van der Waals surface area contributed by atoms with Crippen LogP contribution in [0, 0.1) is 12.8 Å². The third kappa shape index (κ3) is 6.12. The van der Waals surface area contributed by atoms with Gasteiger partial charge in [0, 0.05) is 19.1 Å². The van der Waals surface area contributed by atoms with E-state index >= 15 is 0 Å². The number of benzene rings is 2. The lowest BCUT2D eigenvalue weighted by Gasteiger charge is -2.29. The first-order chi connectivity index (χ1) is 17.2. The lowest BCUT2D eigenvalue weighted by Crippen LogP contribution is -2.46. The van der Waals surface area contributed by atoms with Gasteiger partial charge in [-0.3, -0.25) is 24.0 Å². The number of hydrogen-bond acceptors (Lipinski definition) is 5. The van der Waals surface area contributed by atoms with E-state index in [1.54, 1.807) is 0 Å². The monoisotopic (exact) mass is 489 g/mol. The summed E-state index contributed by atoms with van der Waals surface area (Å²) in [4.78, 5) is 45.4. The molecular formula is C28H35N5O3. The first-order valence-electron chi connectivity index (χ1n) is 12.5. The van der Waals surface area contributed by atoms with E-state index in [9.17, 15) is 14.4 Å². The van der Waals surface area contributed by atoms with Crippen molar-refractivity contribution in [3.8, 4) is 0 Å². The summed E-state index contributed by atoms with van der Waals surface area (Å²) in [5.41, 5.74) is 8.41. The molecule has 0 aliphatic heterocycles. The fourth-order valence-electron chi connectivity index (χ4n) is 4.50. The molecule has 4 rings (SSSR count). The van der Waals surface area contributed by atoms with Crippen LogP contribution in [0.3, 0.4) is 0 Å². The van der Waals surface area contributed by atoms with Crippen LogP contribution in [-0.2, 0) is 17.9 Å². The van der Waals surface area contributed by atoms with E-state index in [-0.39, 0.29) is 36.4 Å². The maximum absolute atomic E-state index is 13.7. The zero-order valence-corrected chi connectivity index (χ0v) is 21.2. The lowest BCUT2D eigenvalue weighted by molar-refractivity contribution is -0.120. The largest absolute Gasteiger partial charge is 0.383 e. The molecule has 8 heteroatoms. The average Bonchev–Trinajstić information content (AvgIpc) is 3.67. The number of carbonyl (C=O) groups is 1. The second kappa shape index (κ2) is 11.0. The number of aryl methyl sites for hydroxylation is 1. The molecule has 190 valence electrons. The van der Waals surface area contributed by atoms with E-state index in [1.165, 1.54) is 15.0 Å². The number of rotatable bonds is 10. The summed E-state index contributed by atoms with van der Waals surface area (Å²) < 4.78 is 1.32. The molecule has 0 radical (unpaired) electrons. The Morgan fingerprint density at radius 3 is 2.42 bits per heavy atom. The number of nitrogens with two attached hydrogens (primary N) is 1. The highest BCUT2D eigenvalue weighted by Crippen LogP contribution is 2.29. The van der Waals surface area contributed by atoms with Crippen LogP contribution in [0.5, 0.6) is 0 Å². The van der Waals surface area contributed by atoms with Gasteiger partial charge in [0.2, 0.25) is 5.91 Å². The van der Waals surface area contributed by atoms with E-state index < -0.39 is 11.2 Å². The third-order valence-electron chi connectivity index (χ3n) is 6.39. The number of carbonyl (C=O) groups excluding carboxylic acids is 1. The van der Waals surface area contributed by atoms with Gasteiger partial charge in [0.15, 0.2) is 5.69 Å². The van der Waals surface area contributed by atoms with Crippen LogP contribution in [0.25, 0.3) is 0 Å². The smallest absolute Gasteiger partial charge is 0.330 e. The van der Waals surface area contributed by atoms with Crippen molar-refractivity contribution >= 4 is 17.4 Å². The van der Waals surface area contributed by atoms with Crippen LogP contribution in [0.4, 0.5) is 11.5 Å². The molecule has 1 aliphatic carbocycles. The average molecular weight is 490 g/mol. The Balaban J connectivity index is 1.65. The molecule has 3 aromatic rings. The minimum atomic E-state index is -0.646. The van der Waals surface area contributed by atoms with Crippen molar-refractivity contribution in [3.63, 3.8) is 0 Å². The van der Waals surface area contributed by atoms with Crippen LogP contribution in [-0.4, -0.2) is 39.5 Å². The minimum Gasteiger partial charge on any atom is -0.383 e. The highest BCUT2D eigenvalue weighted by molar-refractivity contribution is 5.97. The van der Waals surface area contributed by atoms with Crippen LogP contribution in [0.15, 0.2) is 64.2 Å². The van der Waals surface area contributed by atoms with Gasteiger partial charge < -0.3 is 10.6 Å². The van der Waals surface area contributed by atoms with E-state index in [0.717, 1.165) is 24.0 Å². The molecule has 8 nitrogen and oxygen atoms in total. The van der Waals surface area contributed by atoms with Crippen LogP contribution in [0.2, 0.25) is 0 Å². The van der Waals surface area contributed by atoms with Gasteiger partial charge in [-0.05, 0) is 36.8 Å². The van der Waals surface area contributed by atoms with Gasteiger partial charge in [-0.15, -0.1) is 0 Å². The molecule has 1 aliphatic rings. The predicted molar refractivity (Wildman–Crippen MR) is 143 cm³/mol. The van der Waals surface area contributed by atoms with E-state index in [4.69, 9.17) is 5.73 Å². The fraction of sp³-hybridized carbons (Fsp3) is 0.393. The molecule has 1 fully saturated rings. The molecule has 1 heterocycles. The standard InChI is InChI=1S/C28H35N5O3/c1-19(2)15-32(24(34)18-31(23-12-13-23)16-22-11-7-8-20(3)14-22)25-26(29)33(28(36)30-27(25)35)17-21-9-5-4-6-10-21/h4-11,14,19,23H,12-13,15-18,29H2,1-3H3,(H,30,35,36). The molecule has 1 saturated carbocycles. The first kappa shape index (κ1) is 25.4. The summed E-state index contributed by atoms with van der Waals surface area (Å²) in [5.74, 6) is -0.114. The molecule has 3 N–H and O–H groups in total. The normalized spacial score (nSPS) is 13.4. The van der Waals surface area contributed by atoms with E-state index in [2.05, 4.69) is 35.0 Å². The van der Waals surface area contributed by atoms with Crippen molar-refractivity contribution in [2.24, 2.45) is 5.92 Å². The van der Waals surface area contributed by atoms with Crippen LogP contribution in [0.1, 0.15) is 43.4 Å². The Kier molecular flexibility index (Phi) is 7.74. The molecule has 36 heavy (non-hydrogen) atoms. The Morgan fingerprint density at radius 1 is 1.08 bits per heavy atom. The summed E-state index contributed by atoms with van der Waals surface area (Å²) in [7, 11) is 0. The quantitative estimate of drug-likeness (QED) is 0.455. The zero-order valence-electron chi connectivity index (χ0n) is 21.2. The number of nitrogens with zero attached hydrogens (tertiary/aromatic N) is 3. The zero-order chi connectivity index (χ0) is 25.8. The molecule has 2 aromatic carbocycles. The fourth-order valence-corrected chi connectivity index (χ4v) is 4.50. The topological polar surface area (TPSA) is 104 Å². The van der Waals surface area contributed by atoms with Crippen molar-refractivity contribution in [2.75, 3.05) is 23.7 Å². The highest BCUT2D eigenvalue weighted by Gasteiger charge is 2.33. The van der Waals surface area contributed by atoms with Crippen molar-refractivity contribution in [2.45, 2.75) is 52.7 Å². The number of amides is 1. The molecular weight excluding hydrogens is 454 g/mol. The molecule has 0 atom stereocenters. The van der Waals surface area contributed by atoms with Crippen molar-refractivity contribution in [3.05, 3.63) is 92.1 Å². The van der Waals surface area contributed by atoms with Crippen molar-refractivity contribution in [1.29, 1.82) is 0 Å². The van der Waals surface area contributed by atoms with Gasteiger partial charge in [-0.2, -0.15) is 0 Å². The first-order valence-corrected chi connectivity index (χ1v) is 12.5. The van der Waals surface area contributed by atoms with Gasteiger partial charge in [-0.25, -0.2) is 4.79 Å². The maximum Gasteiger partial charge on any atom is 0.330 e. The van der Waals surface area contributed by atoms with Crippen molar-refractivity contribution < 1.29 is 4.79 Å². The van der Waals surface area contributed by atoms with Gasteiger partial charge >= 0.3 is 5.69 Å². The third-order valence-corrected chi connectivity index (χ3v) is 6.39. The molecule has 1 amide bonds. The lowest BCUT2D eigenvalue weighted by atomic mass is 10.1. The summed E-state index contributed by atoms with van der Waals surface area (Å²) >= 11 is 0. The number of aromatic nitrogens is 2. The highest BCUT2D eigenvalue weighted by atomic mass is 16.2. The summed E-state index contributed by atoms with van der Waals surface area (Å²) in [6, 6.07) is 18.0. The maximum atomic E-state index is 13.7. The second-order valence-electron chi connectivity index (χ2n) is 10.1. The number of anilines is 2. The minimum absolute atomic E-state index is 0.00161. The SMILES string of the molecule is Cc1cccc(CN(CC(=O)N(CC(C)C)c2c(N)n(Cc3ccccc3)c(=O)[nH]c2=O)C2CC2)c1. The second-order valence-corrected chi connectivity index (χ2v) is 10.1. The predicted octanol–water partition coefficient (Wildman–Crippen LogP) is 3.13. The van der Waals surface area contributed by atoms with Gasteiger partial charge in [-0.1, -0.05) is 74.0 Å². The molecule has 0 spiro atoms. The summed E-state index contributed by atoms with van der Waals surface area (Å²) in [6.07, 6.45) is 2.10. The Hall–Kier alpha value is -3.65. The number of aromatic amines is 1. The number of nitrogens with one attached hydrogen (secondary N) is 1. The van der Waals surface area contributed by atoms with Gasteiger partial charge in [0.05, 0.1) is 13.1 Å². The van der Waals surface area contributed by atoms with Gasteiger partial charge in [0.25, 0.3) is 5.56 Å². The molecule has 1 aromatic heterocycles. The molecule has 0 bridgehead atoms. The van der Waals surface area contributed by atoms with Gasteiger partial charge in [0.1, 0.15) is 5.82 Å². The van der Waals surface area contributed by atoms with E-state index in [1.807, 2.05) is 50.2 Å². The van der Waals surface area contributed by atoms with Crippen LogP contribution < -0.4 is 21.9 Å². The van der Waals surface area contributed by atoms with Crippen molar-refractivity contribution in [1.82, 2.24) is 14.5 Å². The molecule has 0 saturated heterocycles. The number of hydrogen-bond donors (Lipinski definition) is 2. The molecule has 0 unspecified atom stereocenters. The van der Waals surface area contributed by atoms with Crippen LogP contribution >= 0.6 is 0 Å². The summed E-state index contributed by atoms with van der Waals surface area (Å²) in [6.45, 7) is 7.36. The Morgan fingerprint density at radius 2 is 1.78 bits per heavy atom. The van der Waals surface area contributed by atoms with E-state index in [0.29, 0.717) is 19.1 Å². The Labute approximate surface area is 211 Å².